The van der Waals surface area contributed by atoms with Gasteiger partial charge >= 0.3 is 5.97 Å². The maximum absolute atomic E-state index is 11.1. The average Bonchev–Trinajstić information content (AvgIpc) is 2.94. The lowest BCUT2D eigenvalue weighted by molar-refractivity contribution is -0.138. The van der Waals surface area contributed by atoms with Crippen molar-refractivity contribution in [2.24, 2.45) is 5.41 Å². The molecular formula is C10H14N2O3S. The molecular weight excluding hydrogens is 228 g/mol. The number of aliphatic carboxylic acids is 1. The van der Waals surface area contributed by atoms with Crippen LogP contribution in [-0.4, -0.2) is 35.0 Å². The molecule has 0 radical (unpaired) electrons. The molecule has 88 valence electrons. The highest BCUT2D eigenvalue weighted by Gasteiger charge is 2.44. The van der Waals surface area contributed by atoms with Gasteiger partial charge in [0.1, 0.15) is 6.54 Å². The molecule has 0 unspecified atom stereocenters. The molecule has 0 saturated heterocycles. The van der Waals surface area contributed by atoms with Crippen LogP contribution in [-0.2, 0) is 9.59 Å². The van der Waals surface area contributed by atoms with E-state index in [1.54, 1.807) is 0 Å². The van der Waals surface area contributed by atoms with Crippen molar-refractivity contribution in [3.05, 3.63) is 0 Å². The van der Waals surface area contributed by atoms with Gasteiger partial charge in [0.2, 0.25) is 5.91 Å². The largest absolute Gasteiger partial charge is 0.481 e. The minimum absolute atomic E-state index is 0.0274. The average molecular weight is 242 g/mol. The monoisotopic (exact) mass is 242 g/mol. The zero-order valence-corrected chi connectivity index (χ0v) is 9.68. The number of carbonyl (C=O) groups is 2. The molecule has 0 bridgehead atoms. The molecule has 0 aromatic rings. The number of carboxylic acids is 1. The lowest BCUT2D eigenvalue weighted by atomic mass is 10.1. The van der Waals surface area contributed by atoms with Gasteiger partial charge in [-0.05, 0) is 24.0 Å². The van der Waals surface area contributed by atoms with Gasteiger partial charge in [0.15, 0.2) is 0 Å². The number of hydrogen-bond donors (Lipinski definition) is 2. The summed E-state index contributed by atoms with van der Waals surface area (Å²) in [7, 11) is 0. The van der Waals surface area contributed by atoms with E-state index in [4.69, 9.17) is 10.4 Å². The van der Waals surface area contributed by atoms with Gasteiger partial charge in [0.05, 0.1) is 18.2 Å². The lowest BCUT2D eigenvalue weighted by Crippen LogP contribution is -2.26. The minimum Gasteiger partial charge on any atom is -0.481 e. The second-order valence-electron chi connectivity index (χ2n) is 4.00. The Morgan fingerprint density at radius 1 is 1.50 bits per heavy atom. The molecule has 1 aliphatic carbocycles. The van der Waals surface area contributed by atoms with Crippen LogP contribution in [0.3, 0.4) is 0 Å². The van der Waals surface area contributed by atoms with Crippen LogP contribution >= 0.6 is 11.8 Å². The summed E-state index contributed by atoms with van der Waals surface area (Å²) in [6, 6.07) is 1.82. The molecule has 5 nitrogen and oxygen atoms in total. The molecule has 16 heavy (non-hydrogen) atoms. The van der Waals surface area contributed by atoms with Gasteiger partial charge in [-0.25, -0.2) is 0 Å². The number of carboxylic acid groups (broad SMARTS) is 1. The molecule has 0 aromatic heterocycles. The van der Waals surface area contributed by atoms with E-state index in [0.29, 0.717) is 11.5 Å². The van der Waals surface area contributed by atoms with Crippen molar-refractivity contribution >= 4 is 23.6 Å². The van der Waals surface area contributed by atoms with E-state index in [1.807, 2.05) is 6.07 Å². The van der Waals surface area contributed by atoms with Gasteiger partial charge in [-0.1, -0.05) is 0 Å². The third-order valence-corrected chi connectivity index (χ3v) is 3.77. The molecule has 0 spiro atoms. The first-order chi connectivity index (χ1) is 7.58. The molecule has 1 rings (SSSR count). The first kappa shape index (κ1) is 12.8. The Morgan fingerprint density at radius 2 is 2.19 bits per heavy atom. The quantitative estimate of drug-likeness (QED) is 0.638. The first-order valence-corrected chi connectivity index (χ1v) is 6.17. The Morgan fingerprint density at radius 3 is 2.69 bits per heavy atom. The van der Waals surface area contributed by atoms with Crippen molar-refractivity contribution in [1.82, 2.24) is 5.32 Å². The van der Waals surface area contributed by atoms with Gasteiger partial charge in [0.25, 0.3) is 0 Å². The van der Waals surface area contributed by atoms with Crippen LogP contribution < -0.4 is 5.32 Å². The van der Waals surface area contributed by atoms with Crippen molar-refractivity contribution in [3.8, 4) is 6.07 Å². The van der Waals surface area contributed by atoms with E-state index in [-0.39, 0.29) is 24.3 Å². The lowest BCUT2D eigenvalue weighted by Gasteiger charge is -2.11. The third-order valence-electron chi connectivity index (χ3n) is 2.49. The predicted octanol–water partition coefficient (Wildman–Crippen LogP) is 0.614. The SMILES string of the molecule is N#CCNC(=O)CSCC1(CC(=O)O)CC1. The zero-order valence-electron chi connectivity index (χ0n) is 8.86. The zero-order chi connectivity index (χ0) is 12.0. The van der Waals surface area contributed by atoms with E-state index < -0.39 is 5.97 Å². The number of amides is 1. The van der Waals surface area contributed by atoms with Crippen LogP contribution in [0.25, 0.3) is 0 Å². The summed E-state index contributed by atoms with van der Waals surface area (Å²) in [5.41, 5.74) is -0.0774. The summed E-state index contributed by atoms with van der Waals surface area (Å²) in [4.78, 5) is 21.7. The summed E-state index contributed by atoms with van der Waals surface area (Å²) in [6.45, 7) is 0.0274. The summed E-state index contributed by atoms with van der Waals surface area (Å²) >= 11 is 1.44. The maximum atomic E-state index is 11.1. The number of nitrogens with one attached hydrogen (secondary N) is 1. The Labute approximate surface area is 98.2 Å². The second kappa shape index (κ2) is 5.75. The molecule has 0 aromatic carbocycles. The van der Waals surface area contributed by atoms with Crippen LogP contribution in [0.4, 0.5) is 0 Å². The van der Waals surface area contributed by atoms with Crippen molar-refractivity contribution in [2.45, 2.75) is 19.3 Å². The fourth-order valence-electron chi connectivity index (χ4n) is 1.42. The van der Waals surface area contributed by atoms with Gasteiger partial charge in [-0.2, -0.15) is 17.0 Å². The predicted molar refractivity (Wildman–Crippen MR) is 59.9 cm³/mol. The van der Waals surface area contributed by atoms with Crippen molar-refractivity contribution in [2.75, 3.05) is 18.1 Å². The normalized spacial score (nSPS) is 16.2. The molecule has 1 amide bonds. The van der Waals surface area contributed by atoms with Crippen LogP contribution in [0.5, 0.6) is 0 Å². The van der Waals surface area contributed by atoms with Crippen molar-refractivity contribution < 1.29 is 14.7 Å². The molecule has 0 atom stereocenters. The smallest absolute Gasteiger partial charge is 0.303 e. The molecule has 0 heterocycles. The third kappa shape index (κ3) is 4.53. The van der Waals surface area contributed by atoms with Crippen LogP contribution in [0.1, 0.15) is 19.3 Å². The van der Waals surface area contributed by atoms with Gasteiger partial charge < -0.3 is 10.4 Å². The fraction of sp³-hybridized carbons (Fsp3) is 0.700. The Kier molecular flexibility index (Phi) is 4.62. The molecule has 1 aliphatic rings. The highest BCUT2D eigenvalue weighted by molar-refractivity contribution is 7.99. The van der Waals surface area contributed by atoms with E-state index in [9.17, 15) is 9.59 Å². The molecule has 1 fully saturated rings. The number of thioether (sulfide) groups is 1. The number of nitriles is 1. The van der Waals surface area contributed by atoms with E-state index >= 15 is 0 Å². The summed E-state index contributed by atoms with van der Waals surface area (Å²) in [5.74, 6) is 0.0622. The van der Waals surface area contributed by atoms with Gasteiger partial charge in [-0.15, -0.1) is 0 Å². The first-order valence-electron chi connectivity index (χ1n) is 5.01. The summed E-state index contributed by atoms with van der Waals surface area (Å²) in [6.07, 6.45) is 2.07. The minimum atomic E-state index is -0.771. The standard InChI is InChI=1S/C10H14N2O3S/c11-3-4-12-8(13)6-16-7-10(1-2-10)5-9(14)15/h1-2,4-7H2,(H,12,13)(H,14,15). The Bertz CT molecular complexity index is 321. The number of rotatable bonds is 7. The maximum Gasteiger partial charge on any atom is 0.303 e. The van der Waals surface area contributed by atoms with Crippen LogP contribution in [0, 0.1) is 16.7 Å². The molecule has 0 aliphatic heterocycles. The van der Waals surface area contributed by atoms with Crippen LogP contribution in [0.2, 0.25) is 0 Å². The van der Waals surface area contributed by atoms with E-state index in [1.165, 1.54) is 11.8 Å². The topological polar surface area (TPSA) is 90.2 Å². The molecule has 6 heteroatoms. The van der Waals surface area contributed by atoms with Gasteiger partial charge in [0, 0.05) is 0 Å². The van der Waals surface area contributed by atoms with Crippen molar-refractivity contribution in [1.29, 1.82) is 5.26 Å². The van der Waals surface area contributed by atoms with E-state index in [0.717, 1.165) is 12.8 Å². The molecule has 1 saturated carbocycles. The summed E-state index contributed by atoms with van der Waals surface area (Å²) in [5, 5.41) is 19.4. The number of nitrogens with zero attached hydrogens (tertiary/aromatic N) is 1. The Balaban J connectivity index is 2.14. The number of carbonyl (C=O) groups excluding carboxylic acids is 1. The fourth-order valence-corrected chi connectivity index (χ4v) is 2.63. The molecule has 2 N–H and O–H groups in total. The van der Waals surface area contributed by atoms with Crippen LogP contribution in [0.15, 0.2) is 0 Å². The number of hydrogen-bond acceptors (Lipinski definition) is 4. The summed E-state index contributed by atoms with van der Waals surface area (Å²) < 4.78 is 0. The van der Waals surface area contributed by atoms with E-state index in [2.05, 4.69) is 5.32 Å². The van der Waals surface area contributed by atoms with Gasteiger partial charge in [-0.3, -0.25) is 9.59 Å². The highest BCUT2D eigenvalue weighted by atomic mass is 32.2. The Hall–Kier alpha value is -1.22. The van der Waals surface area contributed by atoms with Crippen molar-refractivity contribution in [3.63, 3.8) is 0 Å². The highest BCUT2D eigenvalue weighted by Crippen LogP contribution is 2.50. The second-order valence-corrected chi connectivity index (χ2v) is 4.98.